The fourth-order valence-electron chi connectivity index (χ4n) is 3.07. The van der Waals surface area contributed by atoms with Crippen molar-refractivity contribution in [3.8, 4) is 0 Å². The van der Waals surface area contributed by atoms with Crippen molar-refractivity contribution in [1.82, 2.24) is 9.62 Å². The van der Waals surface area contributed by atoms with Crippen molar-refractivity contribution in [2.75, 3.05) is 26.2 Å². The molecule has 0 spiro atoms. The van der Waals surface area contributed by atoms with Gasteiger partial charge in [-0.15, -0.1) is 0 Å². The predicted octanol–water partition coefficient (Wildman–Crippen LogP) is 0.192. The largest absolute Gasteiger partial charge is 0.372 e. The quantitative estimate of drug-likeness (QED) is 0.787. The molecule has 1 aromatic carbocycles. The number of carbonyl (C=O) groups excluding carboxylic acids is 1. The molecule has 1 unspecified atom stereocenters. The summed E-state index contributed by atoms with van der Waals surface area (Å²) in [7, 11) is -3.72. The van der Waals surface area contributed by atoms with Crippen LogP contribution in [0, 0.1) is 5.41 Å². The highest BCUT2D eigenvalue weighted by atomic mass is 32.2. The third-order valence-corrected chi connectivity index (χ3v) is 6.22. The van der Waals surface area contributed by atoms with Gasteiger partial charge in [-0.05, 0) is 41.6 Å². The van der Waals surface area contributed by atoms with Crippen LogP contribution in [0.15, 0.2) is 23.1 Å². The molecule has 2 aliphatic heterocycles. The van der Waals surface area contributed by atoms with Gasteiger partial charge in [-0.1, -0.05) is 13.0 Å². The van der Waals surface area contributed by atoms with Crippen molar-refractivity contribution in [2.45, 2.75) is 31.5 Å². The molecule has 0 aliphatic carbocycles. The second kappa shape index (κ2) is 6.44. The van der Waals surface area contributed by atoms with Gasteiger partial charge in [0.05, 0.1) is 24.7 Å². The monoisotopic (exact) mass is 353 g/mol. The molecule has 8 heteroatoms. The predicted molar refractivity (Wildman–Crippen MR) is 88.5 cm³/mol. The fourth-order valence-corrected chi connectivity index (χ4v) is 4.10. The van der Waals surface area contributed by atoms with Crippen LogP contribution < -0.4 is 10.5 Å². The Morgan fingerprint density at radius 1 is 1.38 bits per heavy atom. The molecule has 2 aliphatic rings. The lowest BCUT2D eigenvalue weighted by Crippen LogP contribution is -2.40. The number of hydrogen-bond acceptors (Lipinski definition) is 5. The molecule has 1 atom stereocenters. The molecule has 1 amide bonds. The third-order valence-electron chi connectivity index (χ3n) is 4.82. The molecular formula is C16H23N3O4S. The second-order valence-corrected chi connectivity index (χ2v) is 8.59. The van der Waals surface area contributed by atoms with Crippen LogP contribution in [0.3, 0.4) is 0 Å². The van der Waals surface area contributed by atoms with Crippen molar-refractivity contribution in [3.63, 3.8) is 0 Å². The van der Waals surface area contributed by atoms with E-state index < -0.39 is 10.0 Å². The first-order valence-corrected chi connectivity index (χ1v) is 9.48. The molecule has 3 rings (SSSR count). The van der Waals surface area contributed by atoms with E-state index in [1.165, 1.54) is 0 Å². The van der Waals surface area contributed by atoms with Crippen LogP contribution in [-0.2, 0) is 32.8 Å². The molecule has 0 radical (unpaired) electrons. The Morgan fingerprint density at radius 2 is 2.12 bits per heavy atom. The summed E-state index contributed by atoms with van der Waals surface area (Å²) in [6, 6.07) is 4.91. The molecule has 7 nitrogen and oxygen atoms in total. The van der Waals surface area contributed by atoms with Gasteiger partial charge >= 0.3 is 0 Å². The van der Waals surface area contributed by atoms with Gasteiger partial charge in [0.2, 0.25) is 15.9 Å². The molecular weight excluding hydrogens is 330 g/mol. The van der Waals surface area contributed by atoms with Gasteiger partial charge in [-0.2, -0.15) is 0 Å². The maximum absolute atomic E-state index is 12.4. The van der Waals surface area contributed by atoms with E-state index in [1.54, 1.807) is 23.1 Å². The van der Waals surface area contributed by atoms with Crippen LogP contribution in [0.2, 0.25) is 0 Å². The van der Waals surface area contributed by atoms with Gasteiger partial charge in [0.1, 0.15) is 0 Å². The number of likely N-dealkylation sites (tertiary alicyclic amines) is 1. The Morgan fingerprint density at radius 3 is 2.83 bits per heavy atom. The summed E-state index contributed by atoms with van der Waals surface area (Å²) in [5.74, 6) is -0.222. The number of fused-ring (bicyclic) bond motifs is 1. The van der Waals surface area contributed by atoms with E-state index in [-0.39, 0.29) is 22.8 Å². The number of nitrogens with zero attached hydrogens (tertiary/aromatic N) is 1. The molecule has 0 bridgehead atoms. The topological polar surface area (TPSA) is 102 Å². The maximum atomic E-state index is 12.4. The minimum atomic E-state index is -3.72. The van der Waals surface area contributed by atoms with E-state index >= 15 is 0 Å². The van der Waals surface area contributed by atoms with Crippen molar-refractivity contribution < 1.29 is 17.9 Å². The van der Waals surface area contributed by atoms with Gasteiger partial charge in [-0.25, -0.2) is 13.1 Å². The first kappa shape index (κ1) is 17.3. The van der Waals surface area contributed by atoms with Crippen LogP contribution in [0.5, 0.6) is 0 Å². The van der Waals surface area contributed by atoms with Crippen LogP contribution >= 0.6 is 0 Å². The van der Waals surface area contributed by atoms with Crippen molar-refractivity contribution in [3.05, 3.63) is 29.3 Å². The lowest BCUT2D eigenvalue weighted by Gasteiger charge is -2.22. The maximum Gasteiger partial charge on any atom is 0.241 e. The van der Waals surface area contributed by atoms with E-state index in [4.69, 9.17) is 10.5 Å². The highest BCUT2D eigenvalue weighted by Gasteiger charge is 2.35. The molecule has 1 saturated heterocycles. The first-order valence-electron chi connectivity index (χ1n) is 8.00. The summed E-state index contributed by atoms with van der Waals surface area (Å²) in [5.41, 5.74) is 7.54. The number of nitrogens with two attached hydrogens (primary N) is 1. The zero-order valence-electron chi connectivity index (χ0n) is 13.7. The van der Waals surface area contributed by atoms with Crippen LogP contribution in [0.25, 0.3) is 0 Å². The highest BCUT2D eigenvalue weighted by molar-refractivity contribution is 7.89. The molecule has 132 valence electrons. The van der Waals surface area contributed by atoms with Crippen molar-refractivity contribution >= 4 is 15.9 Å². The van der Waals surface area contributed by atoms with E-state index in [1.807, 2.05) is 6.92 Å². The minimum absolute atomic E-state index is 0.0749. The number of hydrogen-bond donors (Lipinski definition) is 2. The average Bonchev–Trinajstić information content (AvgIpc) is 3.19. The van der Waals surface area contributed by atoms with Gasteiger partial charge < -0.3 is 15.4 Å². The second-order valence-electron chi connectivity index (χ2n) is 6.83. The number of nitrogens with one attached hydrogen (secondary N) is 1. The smallest absolute Gasteiger partial charge is 0.241 e. The molecule has 0 saturated carbocycles. The molecule has 1 aromatic rings. The Kier molecular flexibility index (Phi) is 4.65. The third kappa shape index (κ3) is 3.46. The van der Waals surface area contributed by atoms with E-state index in [0.717, 1.165) is 17.5 Å². The van der Waals surface area contributed by atoms with Crippen molar-refractivity contribution in [1.29, 1.82) is 0 Å². The van der Waals surface area contributed by atoms with Gasteiger partial charge in [0.15, 0.2) is 0 Å². The lowest BCUT2D eigenvalue weighted by atomic mass is 9.90. The highest BCUT2D eigenvalue weighted by Crippen LogP contribution is 2.28. The molecule has 3 N–H and O–H groups in total. The van der Waals surface area contributed by atoms with E-state index in [9.17, 15) is 13.2 Å². The Hall–Kier alpha value is -1.48. The first-order chi connectivity index (χ1) is 11.3. The standard InChI is InChI=1S/C16H23N3O4S/c1-16(10-17)4-5-19(11-16)15(20)7-18-24(21,22)14-3-2-12-8-23-9-13(12)6-14/h2-3,6,18H,4-5,7-11,17H2,1H3. The summed E-state index contributed by atoms with van der Waals surface area (Å²) in [6.07, 6.45) is 0.840. The van der Waals surface area contributed by atoms with Gasteiger partial charge in [0.25, 0.3) is 0 Å². The summed E-state index contributed by atoms with van der Waals surface area (Å²) >= 11 is 0. The van der Waals surface area contributed by atoms with Crippen molar-refractivity contribution in [2.24, 2.45) is 11.1 Å². The molecule has 0 aromatic heterocycles. The zero-order chi connectivity index (χ0) is 17.4. The Balaban J connectivity index is 1.62. The SMILES string of the molecule is CC1(CN)CCN(C(=O)CNS(=O)(=O)c2ccc3c(c2)COC3)C1. The summed E-state index contributed by atoms with van der Waals surface area (Å²) in [4.78, 5) is 14.1. The van der Waals surface area contributed by atoms with Crippen LogP contribution in [0.4, 0.5) is 0 Å². The number of benzene rings is 1. The van der Waals surface area contributed by atoms with E-state index in [2.05, 4.69) is 4.72 Å². The Labute approximate surface area is 142 Å². The normalized spacial score (nSPS) is 23.5. The molecule has 1 fully saturated rings. The summed E-state index contributed by atoms with van der Waals surface area (Å²) in [6.45, 7) is 4.43. The summed E-state index contributed by atoms with van der Waals surface area (Å²) in [5, 5.41) is 0. The number of carbonyl (C=O) groups is 1. The lowest BCUT2D eigenvalue weighted by molar-refractivity contribution is -0.129. The zero-order valence-corrected chi connectivity index (χ0v) is 14.6. The van der Waals surface area contributed by atoms with Gasteiger partial charge in [0, 0.05) is 13.1 Å². The number of rotatable bonds is 5. The van der Waals surface area contributed by atoms with Crippen LogP contribution in [-0.4, -0.2) is 45.4 Å². The average molecular weight is 353 g/mol. The minimum Gasteiger partial charge on any atom is -0.372 e. The molecule has 24 heavy (non-hydrogen) atoms. The summed E-state index contributed by atoms with van der Waals surface area (Å²) < 4.78 is 32.5. The number of amides is 1. The number of sulfonamides is 1. The van der Waals surface area contributed by atoms with Crippen LogP contribution in [0.1, 0.15) is 24.5 Å². The Bertz CT molecular complexity index is 750. The van der Waals surface area contributed by atoms with Gasteiger partial charge in [-0.3, -0.25) is 4.79 Å². The number of ether oxygens (including phenoxy) is 1. The molecule has 2 heterocycles. The van der Waals surface area contributed by atoms with E-state index in [0.29, 0.717) is 32.8 Å². The fraction of sp³-hybridized carbons (Fsp3) is 0.562.